The number of benzene rings is 3. The second-order valence-corrected chi connectivity index (χ2v) is 9.12. The Morgan fingerprint density at radius 1 is 1.03 bits per heavy atom. The molecule has 3 aromatic carbocycles. The Kier molecular flexibility index (Phi) is 8.14. The Labute approximate surface area is 218 Å². The number of nitrogens with zero attached hydrogens (tertiary/aromatic N) is 3. The van der Waals surface area contributed by atoms with Crippen molar-refractivity contribution >= 4 is 61.4 Å². The van der Waals surface area contributed by atoms with E-state index in [4.69, 9.17) is 4.74 Å². The number of anilines is 5. The van der Waals surface area contributed by atoms with Crippen LogP contribution in [-0.2, 0) is 4.79 Å². The molecule has 1 heterocycles. The highest BCUT2D eigenvalue weighted by molar-refractivity contribution is 9.10. The van der Waals surface area contributed by atoms with E-state index in [1.807, 2.05) is 37.2 Å². The molecule has 0 aliphatic carbocycles. The van der Waals surface area contributed by atoms with Crippen molar-refractivity contribution in [1.29, 1.82) is 0 Å². The molecule has 1 aromatic heterocycles. The number of nitrogens with one attached hydrogen (secondary N) is 3. The van der Waals surface area contributed by atoms with Crippen LogP contribution in [0.25, 0.3) is 10.8 Å². The zero-order valence-corrected chi connectivity index (χ0v) is 21.8. The van der Waals surface area contributed by atoms with Gasteiger partial charge in [-0.1, -0.05) is 36.4 Å². The van der Waals surface area contributed by atoms with Crippen molar-refractivity contribution in [3.63, 3.8) is 0 Å². The summed E-state index contributed by atoms with van der Waals surface area (Å²) in [6.07, 6.45) is 4.98. The highest BCUT2D eigenvalue weighted by atomic mass is 79.9. The number of likely N-dealkylation sites (N-methyl/N-ethyl adjacent to an activating group) is 1. The van der Waals surface area contributed by atoms with Crippen LogP contribution in [0.3, 0.4) is 0 Å². The molecule has 3 N–H and O–H groups in total. The third-order valence-corrected chi connectivity index (χ3v) is 5.81. The summed E-state index contributed by atoms with van der Waals surface area (Å²) in [5.41, 5.74) is 2.08. The first-order valence-electron chi connectivity index (χ1n) is 11.3. The van der Waals surface area contributed by atoms with Gasteiger partial charge in [0.05, 0.1) is 23.0 Å². The van der Waals surface area contributed by atoms with Gasteiger partial charge in [-0.25, -0.2) is 4.98 Å². The Morgan fingerprint density at radius 2 is 1.83 bits per heavy atom. The fourth-order valence-electron chi connectivity index (χ4n) is 3.45. The van der Waals surface area contributed by atoms with Crippen LogP contribution in [0.15, 0.2) is 83.5 Å². The van der Waals surface area contributed by atoms with Crippen LogP contribution in [0.2, 0.25) is 0 Å². The smallest absolute Gasteiger partial charge is 0.248 e. The van der Waals surface area contributed by atoms with E-state index in [1.165, 1.54) is 6.08 Å². The van der Waals surface area contributed by atoms with E-state index >= 15 is 0 Å². The molecular formula is C27H27BrN6O2. The molecule has 36 heavy (non-hydrogen) atoms. The van der Waals surface area contributed by atoms with Crippen LogP contribution < -0.4 is 20.7 Å². The molecule has 0 atom stereocenters. The van der Waals surface area contributed by atoms with Gasteiger partial charge in [0.15, 0.2) is 0 Å². The first kappa shape index (κ1) is 25.2. The number of fused-ring (bicyclic) bond motifs is 1. The predicted molar refractivity (Wildman–Crippen MR) is 150 cm³/mol. The van der Waals surface area contributed by atoms with Crippen LogP contribution in [0.5, 0.6) is 5.75 Å². The normalized spacial score (nSPS) is 11.1. The summed E-state index contributed by atoms with van der Waals surface area (Å²) in [5, 5.41) is 11.7. The fraction of sp³-hybridized carbons (Fsp3) is 0.148. The summed E-state index contributed by atoms with van der Waals surface area (Å²) >= 11 is 3.52. The summed E-state index contributed by atoms with van der Waals surface area (Å²) < 4.78 is 6.08. The standard InChI is InChI=1S/C27H27BrN6O2/c1-34(2)14-6-9-25(35)31-23-13-12-21(36-3)16-24(23)32-27-29-17-22(28)26(33-27)30-20-11-10-18-7-4-5-8-19(18)15-20/h4-13,15-17H,14H2,1-3H3,(H,31,35)(H2,29,30,32,33)/b9-6+. The molecule has 0 saturated heterocycles. The fourth-order valence-corrected chi connectivity index (χ4v) is 3.74. The molecule has 8 nitrogen and oxygen atoms in total. The number of hydrogen-bond donors (Lipinski definition) is 3. The minimum absolute atomic E-state index is 0.236. The summed E-state index contributed by atoms with van der Waals surface area (Å²) in [6.45, 7) is 0.668. The lowest BCUT2D eigenvalue weighted by atomic mass is 10.1. The topological polar surface area (TPSA) is 91.4 Å². The molecule has 4 rings (SSSR count). The zero-order valence-electron chi connectivity index (χ0n) is 20.2. The summed E-state index contributed by atoms with van der Waals surface area (Å²) in [4.78, 5) is 23.4. The van der Waals surface area contributed by atoms with Gasteiger partial charge >= 0.3 is 0 Å². The van der Waals surface area contributed by atoms with Crippen LogP contribution in [0.1, 0.15) is 0 Å². The molecule has 0 bridgehead atoms. The molecule has 0 saturated carbocycles. The number of carbonyl (C=O) groups excluding carboxylic acids is 1. The highest BCUT2D eigenvalue weighted by Crippen LogP contribution is 2.31. The number of aromatic nitrogens is 2. The van der Waals surface area contributed by atoms with Crippen LogP contribution in [-0.4, -0.2) is 48.5 Å². The maximum absolute atomic E-state index is 12.4. The highest BCUT2D eigenvalue weighted by Gasteiger charge is 2.11. The number of halogens is 1. The molecule has 1 amide bonds. The maximum Gasteiger partial charge on any atom is 0.248 e. The molecule has 0 spiro atoms. The van der Waals surface area contributed by atoms with Crippen molar-refractivity contribution in [2.75, 3.05) is 43.7 Å². The summed E-state index contributed by atoms with van der Waals surface area (Å²) in [6, 6.07) is 19.6. The van der Waals surface area contributed by atoms with Gasteiger partial charge in [-0.2, -0.15) is 4.98 Å². The first-order valence-corrected chi connectivity index (χ1v) is 12.1. The van der Waals surface area contributed by atoms with Gasteiger partial charge in [0.1, 0.15) is 11.6 Å². The molecule has 0 unspecified atom stereocenters. The minimum atomic E-state index is -0.236. The van der Waals surface area contributed by atoms with Gasteiger partial charge < -0.3 is 25.6 Å². The van der Waals surface area contributed by atoms with Gasteiger partial charge in [-0.3, -0.25) is 4.79 Å². The van der Waals surface area contributed by atoms with Crippen LogP contribution in [0.4, 0.5) is 28.8 Å². The molecular weight excluding hydrogens is 520 g/mol. The van der Waals surface area contributed by atoms with E-state index in [9.17, 15) is 4.79 Å². The minimum Gasteiger partial charge on any atom is -0.497 e. The van der Waals surface area contributed by atoms with E-state index < -0.39 is 0 Å². The van der Waals surface area contributed by atoms with Gasteiger partial charge in [0, 0.05) is 30.6 Å². The molecule has 0 aliphatic rings. The first-order chi connectivity index (χ1) is 17.4. The number of ether oxygens (including phenoxy) is 1. The van der Waals surface area contributed by atoms with E-state index in [0.29, 0.717) is 39.9 Å². The largest absolute Gasteiger partial charge is 0.497 e. The lowest BCUT2D eigenvalue weighted by Crippen LogP contribution is -2.13. The number of amides is 1. The van der Waals surface area contributed by atoms with Crippen molar-refractivity contribution in [3.8, 4) is 5.75 Å². The van der Waals surface area contributed by atoms with Crippen LogP contribution in [0, 0.1) is 0 Å². The number of carbonyl (C=O) groups is 1. The van der Waals surface area contributed by atoms with Crippen molar-refractivity contribution in [2.45, 2.75) is 0 Å². The van der Waals surface area contributed by atoms with Crippen molar-refractivity contribution in [1.82, 2.24) is 14.9 Å². The third kappa shape index (κ3) is 6.59. The Hall–Kier alpha value is -3.95. The van der Waals surface area contributed by atoms with Crippen molar-refractivity contribution in [3.05, 3.63) is 83.5 Å². The van der Waals surface area contributed by atoms with Gasteiger partial charge in [-0.05, 0) is 65.1 Å². The third-order valence-electron chi connectivity index (χ3n) is 5.23. The lowest BCUT2D eigenvalue weighted by Gasteiger charge is -2.14. The molecule has 4 aromatic rings. The van der Waals surface area contributed by atoms with Gasteiger partial charge in [-0.15, -0.1) is 0 Å². The number of methoxy groups -OCH3 is 1. The van der Waals surface area contributed by atoms with E-state index in [2.05, 4.69) is 66.1 Å². The monoisotopic (exact) mass is 546 g/mol. The quantitative estimate of drug-likeness (QED) is 0.223. The summed E-state index contributed by atoms with van der Waals surface area (Å²) in [7, 11) is 5.47. The van der Waals surface area contributed by atoms with Gasteiger partial charge in [0.2, 0.25) is 11.9 Å². The molecule has 9 heteroatoms. The summed E-state index contributed by atoms with van der Waals surface area (Å²) in [5.74, 6) is 1.35. The predicted octanol–water partition coefficient (Wildman–Crippen LogP) is 5.94. The second kappa shape index (κ2) is 11.7. The molecule has 0 aliphatic heterocycles. The Morgan fingerprint density at radius 3 is 2.61 bits per heavy atom. The maximum atomic E-state index is 12.4. The SMILES string of the molecule is COc1ccc(NC(=O)/C=C/CN(C)C)c(Nc2ncc(Br)c(Nc3ccc4ccccc4c3)n2)c1. The zero-order chi connectivity index (χ0) is 25.5. The average Bonchev–Trinajstić information content (AvgIpc) is 2.86. The number of rotatable bonds is 9. The second-order valence-electron chi connectivity index (χ2n) is 8.27. The average molecular weight is 547 g/mol. The van der Waals surface area contributed by atoms with E-state index in [1.54, 1.807) is 37.6 Å². The Bertz CT molecular complexity index is 1410. The molecule has 0 radical (unpaired) electrons. The van der Waals surface area contributed by atoms with Gasteiger partial charge in [0.25, 0.3) is 0 Å². The lowest BCUT2D eigenvalue weighted by molar-refractivity contribution is -0.111. The van der Waals surface area contributed by atoms with Crippen molar-refractivity contribution < 1.29 is 9.53 Å². The Balaban J connectivity index is 1.56. The van der Waals surface area contributed by atoms with E-state index in [-0.39, 0.29) is 5.91 Å². The molecule has 0 fully saturated rings. The van der Waals surface area contributed by atoms with Crippen LogP contribution >= 0.6 is 15.9 Å². The van der Waals surface area contributed by atoms with E-state index in [0.717, 1.165) is 16.5 Å². The number of hydrogen-bond acceptors (Lipinski definition) is 7. The van der Waals surface area contributed by atoms with Crippen molar-refractivity contribution in [2.24, 2.45) is 0 Å². The molecule has 184 valence electrons.